The van der Waals surface area contributed by atoms with E-state index in [0.29, 0.717) is 0 Å². The molecule has 0 bridgehead atoms. The van der Waals surface area contributed by atoms with Crippen LogP contribution in [0.2, 0.25) is 5.02 Å². The van der Waals surface area contributed by atoms with Gasteiger partial charge in [-0.2, -0.15) is 0 Å². The van der Waals surface area contributed by atoms with Crippen LogP contribution in [0.1, 0.15) is 0 Å². The van der Waals surface area contributed by atoms with Gasteiger partial charge in [-0.25, -0.2) is 9.97 Å². The Hall–Kier alpha value is -1.33. The molecule has 4 nitrogen and oxygen atoms in total. The number of hydrogen-bond donors (Lipinski definition) is 0. The van der Waals surface area contributed by atoms with E-state index in [1.165, 1.54) is 5.69 Å². The van der Waals surface area contributed by atoms with Gasteiger partial charge in [0.25, 0.3) is 0 Å². The normalized spacial score (nSPS) is 15.5. The Kier molecular flexibility index (Phi) is 4.08. The van der Waals surface area contributed by atoms with Gasteiger partial charge in [0.1, 0.15) is 12.1 Å². The highest BCUT2D eigenvalue weighted by molar-refractivity contribution is 9.10. The van der Waals surface area contributed by atoms with Gasteiger partial charge < -0.3 is 9.80 Å². The number of aromatic nitrogens is 2. The average Bonchev–Trinajstić information content (AvgIpc) is 2.49. The summed E-state index contributed by atoms with van der Waals surface area (Å²) in [6, 6.07) is 8.01. The summed E-state index contributed by atoms with van der Waals surface area (Å²) in [5.41, 5.74) is 1.22. The molecule has 0 spiro atoms. The summed E-state index contributed by atoms with van der Waals surface area (Å²) in [4.78, 5) is 13.0. The number of benzene rings is 1. The van der Waals surface area contributed by atoms with Crippen molar-refractivity contribution in [2.75, 3.05) is 36.0 Å². The van der Waals surface area contributed by atoms with Gasteiger partial charge in [-0.1, -0.05) is 11.6 Å². The largest absolute Gasteiger partial charge is 0.368 e. The minimum Gasteiger partial charge on any atom is -0.368 e. The molecule has 0 unspecified atom stereocenters. The molecular formula is C14H14BrClN4. The molecule has 1 fully saturated rings. The van der Waals surface area contributed by atoms with Crippen LogP contribution in [0.4, 0.5) is 11.5 Å². The maximum absolute atomic E-state index is 5.93. The summed E-state index contributed by atoms with van der Waals surface area (Å²) in [5.74, 6) is 0.968. The molecule has 0 atom stereocenters. The smallest absolute Gasteiger partial charge is 0.146 e. The minimum atomic E-state index is 0.775. The van der Waals surface area contributed by atoms with Gasteiger partial charge >= 0.3 is 0 Å². The number of halogens is 2. The SMILES string of the molecule is Clc1ccc(N2CCN(c3ncncc3Br)CC2)cc1. The standard InChI is InChI=1S/C14H14BrClN4/c15-13-9-17-10-18-14(13)20-7-5-19(6-8-20)12-3-1-11(16)2-4-12/h1-4,9-10H,5-8H2. The highest BCUT2D eigenvalue weighted by Crippen LogP contribution is 2.25. The predicted molar refractivity (Wildman–Crippen MR) is 85.6 cm³/mol. The number of rotatable bonds is 2. The third kappa shape index (κ3) is 2.88. The first-order valence-corrected chi connectivity index (χ1v) is 7.62. The highest BCUT2D eigenvalue weighted by atomic mass is 79.9. The van der Waals surface area contributed by atoms with Crippen LogP contribution >= 0.6 is 27.5 Å². The number of anilines is 2. The fraction of sp³-hybridized carbons (Fsp3) is 0.286. The molecule has 0 N–H and O–H groups in total. The van der Waals surface area contributed by atoms with Crippen LogP contribution in [0.3, 0.4) is 0 Å². The van der Waals surface area contributed by atoms with E-state index in [4.69, 9.17) is 11.6 Å². The second-order valence-electron chi connectivity index (χ2n) is 4.64. The lowest BCUT2D eigenvalue weighted by atomic mass is 10.2. The topological polar surface area (TPSA) is 32.3 Å². The van der Waals surface area contributed by atoms with E-state index in [0.717, 1.165) is 41.5 Å². The second-order valence-corrected chi connectivity index (χ2v) is 5.94. The highest BCUT2D eigenvalue weighted by Gasteiger charge is 2.19. The zero-order chi connectivity index (χ0) is 13.9. The molecule has 0 radical (unpaired) electrons. The van der Waals surface area contributed by atoms with Crippen LogP contribution in [0.5, 0.6) is 0 Å². The lowest BCUT2D eigenvalue weighted by molar-refractivity contribution is 0.645. The maximum atomic E-state index is 5.93. The van der Waals surface area contributed by atoms with Crippen molar-refractivity contribution in [2.24, 2.45) is 0 Å². The summed E-state index contributed by atoms with van der Waals surface area (Å²) in [6.45, 7) is 3.83. The third-order valence-corrected chi connectivity index (χ3v) is 4.23. The van der Waals surface area contributed by atoms with Gasteiger partial charge in [0.2, 0.25) is 0 Å². The summed E-state index contributed by atoms with van der Waals surface area (Å²) in [6.07, 6.45) is 3.37. The van der Waals surface area contributed by atoms with Crippen LogP contribution in [0.15, 0.2) is 41.3 Å². The molecule has 20 heavy (non-hydrogen) atoms. The monoisotopic (exact) mass is 352 g/mol. The molecule has 2 aromatic rings. The summed E-state index contributed by atoms with van der Waals surface area (Å²) in [5, 5.41) is 0.775. The number of nitrogens with zero attached hydrogens (tertiary/aromatic N) is 4. The molecule has 6 heteroatoms. The second kappa shape index (κ2) is 5.97. The van der Waals surface area contributed by atoms with Crippen LogP contribution in [0, 0.1) is 0 Å². The Morgan fingerprint density at radius 3 is 2.30 bits per heavy atom. The number of piperazine rings is 1. The lowest BCUT2D eigenvalue weighted by Crippen LogP contribution is -2.47. The molecule has 1 aliphatic rings. The molecule has 1 saturated heterocycles. The van der Waals surface area contributed by atoms with Gasteiger partial charge in [0.15, 0.2) is 0 Å². The average molecular weight is 354 g/mol. The number of hydrogen-bond acceptors (Lipinski definition) is 4. The zero-order valence-electron chi connectivity index (χ0n) is 10.8. The molecule has 0 aliphatic carbocycles. The summed E-state index contributed by atoms with van der Waals surface area (Å²) in [7, 11) is 0. The summed E-state index contributed by atoms with van der Waals surface area (Å²) < 4.78 is 0.944. The molecule has 0 amide bonds. The first kappa shape index (κ1) is 13.6. The van der Waals surface area contributed by atoms with Crippen LogP contribution < -0.4 is 9.80 Å². The Labute approximate surface area is 131 Å². The molecule has 1 aromatic carbocycles. The van der Waals surface area contributed by atoms with Crippen molar-refractivity contribution in [3.05, 3.63) is 46.3 Å². The van der Waals surface area contributed by atoms with Crippen LogP contribution in [-0.2, 0) is 0 Å². The fourth-order valence-electron chi connectivity index (χ4n) is 2.37. The summed E-state index contributed by atoms with van der Waals surface area (Å²) >= 11 is 9.43. The van der Waals surface area contributed by atoms with Crippen LogP contribution in [-0.4, -0.2) is 36.1 Å². The van der Waals surface area contributed by atoms with Crippen molar-refractivity contribution in [1.29, 1.82) is 0 Å². The molecule has 3 rings (SSSR count). The molecule has 2 heterocycles. The van der Waals surface area contributed by atoms with Crippen LogP contribution in [0.25, 0.3) is 0 Å². The van der Waals surface area contributed by atoms with Gasteiger partial charge in [-0.05, 0) is 40.2 Å². The quantitative estimate of drug-likeness (QED) is 0.830. The van der Waals surface area contributed by atoms with Crippen molar-refractivity contribution in [2.45, 2.75) is 0 Å². The van der Waals surface area contributed by atoms with Gasteiger partial charge in [0.05, 0.1) is 4.47 Å². The van der Waals surface area contributed by atoms with E-state index < -0.39 is 0 Å². The van der Waals surface area contributed by atoms with E-state index in [-0.39, 0.29) is 0 Å². The van der Waals surface area contributed by atoms with Crippen molar-refractivity contribution < 1.29 is 0 Å². The maximum Gasteiger partial charge on any atom is 0.146 e. The van der Waals surface area contributed by atoms with Crippen molar-refractivity contribution in [3.63, 3.8) is 0 Å². The fourth-order valence-corrected chi connectivity index (χ4v) is 2.96. The minimum absolute atomic E-state index is 0.775. The molecule has 0 saturated carbocycles. The molecule has 1 aliphatic heterocycles. The van der Waals surface area contributed by atoms with Crippen molar-refractivity contribution >= 4 is 39.0 Å². The molecule has 1 aromatic heterocycles. The van der Waals surface area contributed by atoms with Crippen molar-refractivity contribution in [3.8, 4) is 0 Å². The van der Waals surface area contributed by atoms with E-state index in [1.54, 1.807) is 12.5 Å². The van der Waals surface area contributed by atoms with Gasteiger partial charge in [-0.15, -0.1) is 0 Å². The Bertz CT molecular complexity index is 582. The Morgan fingerprint density at radius 2 is 1.65 bits per heavy atom. The first-order valence-electron chi connectivity index (χ1n) is 6.45. The van der Waals surface area contributed by atoms with Gasteiger partial charge in [0, 0.05) is 43.1 Å². The third-order valence-electron chi connectivity index (χ3n) is 3.42. The van der Waals surface area contributed by atoms with E-state index in [2.05, 4.69) is 47.8 Å². The molecule has 104 valence electrons. The Morgan fingerprint density at radius 1 is 1.00 bits per heavy atom. The van der Waals surface area contributed by atoms with E-state index >= 15 is 0 Å². The van der Waals surface area contributed by atoms with Gasteiger partial charge in [-0.3, -0.25) is 0 Å². The Balaban J connectivity index is 1.68. The lowest BCUT2D eigenvalue weighted by Gasteiger charge is -2.37. The predicted octanol–water partition coefficient (Wildman–Crippen LogP) is 3.22. The molecular weight excluding hydrogens is 340 g/mol. The van der Waals surface area contributed by atoms with E-state index in [9.17, 15) is 0 Å². The zero-order valence-corrected chi connectivity index (χ0v) is 13.2. The first-order chi connectivity index (χ1) is 9.74. The van der Waals surface area contributed by atoms with E-state index in [1.807, 2.05) is 12.1 Å². The van der Waals surface area contributed by atoms with Crippen molar-refractivity contribution in [1.82, 2.24) is 9.97 Å².